The highest BCUT2D eigenvalue weighted by atomic mass is 32.2. The first-order valence-corrected chi connectivity index (χ1v) is 13.1. The van der Waals surface area contributed by atoms with E-state index in [0.29, 0.717) is 29.1 Å². The normalized spacial score (nSPS) is 14.8. The summed E-state index contributed by atoms with van der Waals surface area (Å²) in [6.07, 6.45) is -2.47. The molecule has 0 bridgehead atoms. The first-order valence-electron chi connectivity index (χ1n) is 11.5. The van der Waals surface area contributed by atoms with Crippen LogP contribution in [0.3, 0.4) is 0 Å². The number of halogens is 5. The fraction of sp³-hybridized carbons (Fsp3) is 0.391. The lowest BCUT2D eigenvalue weighted by Crippen LogP contribution is -2.34. The molecular weight excluding hydrogens is 533 g/mol. The van der Waals surface area contributed by atoms with E-state index in [9.17, 15) is 30.4 Å². The summed E-state index contributed by atoms with van der Waals surface area (Å²) in [5.41, 5.74) is -0.446. The standard InChI is InChI=1S/C23H20F5N7O2S/c1-4-38(36,37)17-7-13(15-8-14(12-5-6-12)30-11(2)31-15)10-29-19(17)21-32-16-9-18(22(24,25)23(26,27)28)33-34-20(16)35(21)3/h7-10,12H,4-6H2,1-3H3. The van der Waals surface area contributed by atoms with E-state index in [4.69, 9.17) is 0 Å². The van der Waals surface area contributed by atoms with Crippen molar-refractivity contribution in [2.24, 2.45) is 7.05 Å². The van der Waals surface area contributed by atoms with E-state index in [1.807, 2.05) is 0 Å². The molecule has 0 aliphatic heterocycles. The van der Waals surface area contributed by atoms with Crippen molar-refractivity contribution in [3.8, 4) is 22.8 Å². The third kappa shape index (κ3) is 4.37. The third-order valence-electron chi connectivity index (χ3n) is 6.22. The molecule has 0 amide bonds. The molecule has 0 N–H and O–H groups in total. The predicted octanol–water partition coefficient (Wildman–Crippen LogP) is 4.52. The van der Waals surface area contributed by atoms with Crippen LogP contribution in [0.4, 0.5) is 22.0 Å². The lowest BCUT2D eigenvalue weighted by molar-refractivity contribution is -0.291. The van der Waals surface area contributed by atoms with Crippen LogP contribution >= 0.6 is 0 Å². The molecule has 4 heterocycles. The monoisotopic (exact) mass is 553 g/mol. The van der Waals surface area contributed by atoms with Gasteiger partial charge in [0.25, 0.3) is 0 Å². The van der Waals surface area contributed by atoms with E-state index in [1.54, 1.807) is 13.0 Å². The molecule has 0 saturated heterocycles. The Balaban J connectivity index is 1.67. The maximum Gasteiger partial charge on any atom is 0.459 e. The fourth-order valence-electron chi connectivity index (χ4n) is 3.97. The van der Waals surface area contributed by atoms with Crippen LogP contribution in [0.15, 0.2) is 29.3 Å². The van der Waals surface area contributed by atoms with E-state index < -0.39 is 27.6 Å². The first-order chi connectivity index (χ1) is 17.7. The van der Waals surface area contributed by atoms with Gasteiger partial charge in [0.1, 0.15) is 22.7 Å². The third-order valence-corrected chi connectivity index (χ3v) is 7.96. The maximum atomic E-state index is 13.8. The smallest absolute Gasteiger partial charge is 0.309 e. The number of alkyl halides is 5. The Morgan fingerprint density at radius 1 is 1.03 bits per heavy atom. The number of hydrogen-bond acceptors (Lipinski definition) is 8. The van der Waals surface area contributed by atoms with Crippen molar-refractivity contribution in [3.05, 3.63) is 41.6 Å². The summed E-state index contributed by atoms with van der Waals surface area (Å²) in [7, 11) is -2.50. The molecule has 0 unspecified atom stereocenters. The van der Waals surface area contributed by atoms with Crippen LogP contribution in [-0.4, -0.2) is 55.0 Å². The van der Waals surface area contributed by atoms with Crippen molar-refractivity contribution in [1.29, 1.82) is 0 Å². The van der Waals surface area contributed by atoms with E-state index in [-0.39, 0.29) is 33.3 Å². The van der Waals surface area contributed by atoms with Crippen LogP contribution in [-0.2, 0) is 22.8 Å². The lowest BCUT2D eigenvalue weighted by Gasteiger charge is -2.17. The van der Waals surface area contributed by atoms with Gasteiger partial charge in [0.15, 0.2) is 21.3 Å². The molecule has 5 rings (SSSR count). The van der Waals surface area contributed by atoms with Crippen LogP contribution in [0.5, 0.6) is 0 Å². The Hall–Kier alpha value is -3.62. The number of fused-ring (bicyclic) bond motifs is 1. The zero-order chi connectivity index (χ0) is 27.6. The second-order valence-electron chi connectivity index (χ2n) is 8.98. The number of nitrogens with zero attached hydrogens (tertiary/aromatic N) is 7. The molecule has 0 spiro atoms. The van der Waals surface area contributed by atoms with Gasteiger partial charge in [0.05, 0.1) is 16.3 Å². The van der Waals surface area contributed by atoms with Gasteiger partial charge >= 0.3 is 12.1 Å². The molecule has 9 nitrogen and oxygen atoms in total. The number of pyridine rings is 1. The van der Waals surface area contributed by atoms with Crippen LogP contribution in [0.2, 0.25) is 0 Å². The van der Waals surface area contributed by atoms with Crippen LogP contribution in [0.1, 0.15) is 42.9 Å². The Labute approximate surface area is 213 Å². The van der Waals surface area contributed by atoms with Crippen molar-refractivity contribution >= 4 is 21.0 Å². The SMILES string of the molecule is CCS(=O)(=O)c1cc(-c2cc(C3CC3)nc(C)n2)cnc1-c1nc2cc(C(F)(F)C(F)(F)F)nnc2n1C. The van der Waals surface area contributed by atoms with Crippen LogP contribution in [0, 0.1) is 6.92 Å². The van der Waals surface area contributed by atoms with Crippen LogP contribution in [0.25, 0.3) is 33.9 Å². The van der Waals surface area contributed by atoms with Gasteiger partial charge in [0.2, 0.25) is 0 Å². The minimum Gasteiger partial charge on any atom is -0.309 e. The number of aryl methyl sites for hydroxylation is 2. The summed E-state index contributed by atoms with van der Waals surface area (Å²) in [6.45, 7) is 3.18. The first kappa shape index (κ1) is 26.0. The molecule has 0 aromatic carbocycles. The lowest BCUT2D eigenvalue weighted by atomic mass is 10.1. The Kier molecular flexibility index (Phi) is 5.96. The average molecular weight is 554 g/mol. The molecule has 1 aliphatic carbocycles. The van der Waals surface area contributed by atoms with Gasteiger partial charge in [0, 0.05) is 30.4 Å². The zero-order valence-electron chi connectivity index (χ0n) is 20.3. The molecule has 38 heavy (non-hydrogen) atoms. The van der Waals surface area contributed by atoms with E-state index in [0.717, 1.165) is 18.5 Å². The predicted molar refractivity (Wildman–Crippen MR) is 125 cm³/mol. The van der Waals surface area contributed by atoms with Gasteiger partial charge in [-0.3, -0.25) is 4.98 Å². The zero-order valence-corrected chi connectivity index (χ0v) is 21.1. The molecule has 4 aromatic heterocycles. The largest absolute Gasteiger partial charge is 0.459 e. The van der Waals surface area contributed by atoms with Crippen molar-refractivity contribution < 1.29 is 30.4 Å². The molecule has 15 heteroatoms. The molecule has 1 saturated carbocycles. The molecule has 0 atom stereocenters. The summed E-state index contributed by atoms with van der Waals surface area (Å²) in [6, 6.07) is 3.66. The number of aromatic nitrogens is 7. The number of imidazole rings is 1. The summed E-state index contributed by atoms with van der Waals surface area (Å²) < 4.78 is 93.6. The molecule has 1 fully saturated rings. The topological polar surface area (TPSA) is 116 Å². The Morgan fingerprint density at radius 3 is 2.37 bits per heavy atom. The quantitative estimate of drug-likeness (QED) is 0.320. The molecule has 4 aromatic rings. The number of rotatable bonds is 6. The Morgan fingerprint density at radius 2 is 1.74 bits per heavy atom. The number of sulfone groups is 1. The van der Waals surface area contributed by atoms with Crippen LogP contribution < -0.4 is 0 Å². The summed E-state index contributed by atoms with van der Waals surface area (Å²) in [5.74, 6) is -4.78. The Bertz CT molecular complexity index is 1680. The van der Waals surface area contributed by atoms with Crippen molar-refractivity contribution in [3.63, 3.8) is 0 Å². The molecule has 0 radical (unpaired) electrons. The highest BCUT2D eigenvalue weighted by Gasteiger charge is 2.60. The van der Waals surface area contributed by atoms with E-state index >= 15 is 0 Å². The van der Waals surface area contributed by atoms with Gasteiger partial charge in [-0.05, 0) is 38.0 Å². The average Bonchev–Trinajstić information content (AvgIpc) is 3.66. The second kappa shape index (κ2) is 8.71. The highest BCUT2D eigenvalue weighted by Crippen LogP contribution is 2.43. The van der Waals surface area contributed by atoms with Gasteiger partial charge in [-0.2, -0.15) is 22.0 Å². The summed E-state index contributed by atoms with van der Waals surface area (Å²) >= 11 is 0. The van der Waals surface area contributed by atoms with E-state index in [2.05, 4.69) is 30.1 Å². The minimum absolute atomic E-state index is 0.0992. The molecule has 1 aliphatic rings. The van der Waals surface area contributed by atoms with Gasteiger partial charge in [-0.1, -0.05) is 6.92 Å². The van der Waals surface area contributed by atoms with E-state index in [1.165, 1.54) is 30.8 Å². The van der Waals surface area contributed by atoms with Crippen molar-refractivity contribution in [2.45, 2.75) is 49.6 Å². The maximum absolute atomic E-state index is 13.8. The molecule has 200 valence electrons. The summed E-state index contributed by atoms with van der Waals surface area (Å²) in [5, 5.41) is 6.56. The second-order valence-corrected chi connectivity index (χ2v) is 11.2. The highest BCUT2D eigenvalue weighted by molar-refractivity contribution is 7.91. The summed E-state index contributed by atoms with van der Waals surface area (Å²) in [4.78, 5) is 17.1. The fourth-order valence-corrected chi connectivity index (χ4v) is 5.02. The van der Waals surface area contributed by atoms with Gasteiger partial charge in [-0.15, -0.1) is 10.2 Å². The van der Waals surface area contributed by atoms with Gasteiger partial charge < -0.3 is 4.57 Å². The van der Waals surface area contributed by atoms with Crippen molar-refractivity contribution in [2.75, 3.05) is 5.75 Å². The van der Waals surface area contributed by atoms with Gasteiger partial charge in [-0.25, -0.2) is 23.4 Å². The molecular formula is C23H20F5N7O2S. The number of hydrogen-bond donors (Lipinski definition) is 0. The van der Waals surface area contributed by atoms with Crippen molar-refractivity contribution in [1.82, 2.24) is 34.7 Å². The minimum atomic E-state index is -5.88.